The van der Waals surface area contributed by atoms with Crippen LogP contribution in [-0.4, -0.2) is 21.8 Å². The van der Waals surface area contributed by atoms with Gasteiger partial charge in [-0.05, 0) is 30.3 Å². The lowest BCUT2D eigenvalue weighted by Gasteiger charge is -2.10. The molecular formula is C19H15Cl2N5O2. The first-order valence-electron chi connectivity index (χ1n) is 8.14. The Balaban J connectivity index is 1.67. The number of rotatable bonds is 6. The molecule has 2 amide bonds. The van der Waals surface area contributed by atoms with Gasteiger partial charge in [0.1, 0.15) is 5.82 Å². The third kappa shape index (κ3) is 4.76. The first-order chi connectivity index (χ1) is 13.4. The number of anilines is 2. The molecule has 4 N–H and O–H groups in total. The third-order valence-electron chi connectivity index (χ3n) is 3.77. The van der Waals surface area contributed by atoms with E-state index in [9.17, 15) is 9.59 Å². The summed E-state index contributed by atoms with van der Waals surface area (Å²) < 4.78 is 0. The van der Waals surface area contributed by atoms with E-state index in [1.54, 1.807) is 48.7 Å². The van der Waals surface area contributed by atoms with Crippen molar-refractivity contribution in [1.29, 1.82) is 0 Å². The first kappa shape index (κ1) is 19.6. The molecule has 7 nitrogen and oxygen atoms in total. The number of pyridine rings is 2. The molecule has 1 aromatic carbocycles. The number of nitrogens with zero attached hydrogens (tertiary/aromatic N) is 2. The van der Waals surface area contributed by atoms with Crippen LogP contribution in [0.3, 0.4) is 0 Å². The normalized spacial score (nSPS) is 10.4. The van der Waals surface area contributed by atoms with E-state index in [0.29, 0.717) is 29.3 Å². The van der Waals surface area contributed by atoms with Crippen molar-refractivity contribution in [2.75, 3.05) is 10.6 Å². The van der Waals surface area contributed by atoms with Crippen molar-refractivity contribution < 1.29 is 9.59 Å². The van der Waals surface area contributed by atoms with Gasteiger partial charge in [0.25, 0.3) is 5.91 Å². The number of hydrogen-bond donors (Lipinski definition) is 3. The highest BCUT2D eigenvalue weighted by atomic mass is 35.5. The predicted octanol–water partition coefficient (Wildman–Crippen LogP) is 3.75. The Morgan fingerprint density at radius 3 is 2.43 bits per heavy atom. The van der Waals surface area contributed by atoms with Gasteiger partial charge in [0.2, 0.25) is 5.91 Å². The zero-order valence-corrected chi connectivity index (χ0v) is 16.0. The van der Waals surface area contributed by atoms with Crippen molar-refractivity contribution in [1.82, 2.24) is 9.97 Å². The highest BCUT2D eigenvalue weighted by Crippen LogP contribution is 2.25. The van der Waals surface area contributed by atoms with E-state index >= 15 is 0 Å². The topological polar surface area (TPSA) is 110 Å². The summed E-state index contributed by atoms with van der Waals surface area (Å²) in [6.07, 6.45) is 2.96. The van der Waals surface area contributed by atoms with E-state index < -0.39 is 11.8 Å². The smallest absolute Gasteiger partial charge is 0.258 e. The Morgan fingerprint density at radius 2 is 1.79 bits per heavy atom. The van der Waals surface area contributed by atoms with Crippen LogP contribution in [0.1, 0.15) is 26.4 Å². The molecular weight excluding hydrogens is 401 g/mol. The molecule has 3 aromatic rings. The summed E-state index contributed by atoms with van der Waals surface area (Å²) in [6, 6.07) is 11.5. The summed E-state index contributed by atoms with van der Waals surface area (Å²) in [5.74, 6) is -0.420. The van der Waals surface area contributed by atoms with Crippen molar-refractivity contribution >= 4 is 46.5 Å². The Kier molecular flexibility index (Phi) is 6.08. The number of benzene rings is 1. The van der Waals surface area contributed by atoms with Crippen molar-refractivity contribution in [3.05, 3.63) is 81.7 Å². The maximum absolute atomic E-state index is 12.5. The van der Waals surface area contributed by atoms with E-state index in [1.807, 2.05) is 0 Å². The first-order valence-corrected chi connectivity index (χ1v) is 8.89. The number of carbonyl (C=O) groups excluding carboxylic acids is 2. The van der Waals surface area contributed by atoms with Crippen LogP contribution >= 0.6 is 23.2 Å². The average molecular weight is 416 g/mol. The van der Waals surface area contributed by atoms with Gasteiger partial charge in [0.05, 0.1) is 33.4 Å². The number of nitrogens with one attached hydrogen (secondary N) is 2. The van der Waals surface area contributed by atoms with Crippen LogP contribution in [0.2, 0.25) is 10.0 Å². The molecule has 0 saturated carbocycles. The van der Waals surface area contributed by atoms with Crippen LogP contribution in [0, 0.1) is 0 Å². The predicted molar refractivity (Wildman–Crippen MR) is 109 cm³/mol. The Hall–Kier alpha value is -3.16. The largest absolute Gasteiger partial charge is 0.366 e. The summed E-state index contributed by atoms with van der Waals surface area (Å²) in [6.45, 7) is 0.375. The number of primary amides is 1. The molecule has 0 fully saturated rings. The number of halogens is 2. The van der Waals surface area contributed by atoms with Gasteiger partial charge in [-0.3, -0.25) is 14.6 Å². The number of nitrogens with two attached hydrogens (primary N) is 1. The zero-order chi connectivity index (χ0) is 20.1. The highest BCUT2D eigenvalue weighted by molar-refractivity contribution is 6.40. The van der Waals surface area contributed by atoms with E-state index in [0.717, 1.165) is 0 Å². The number of aromatic nitrogens is 2. The van der Waals surface area contributed by atoms with Gasteiger partial charge in [-0.2, -0.15) is 0 Å². The second-order valence-corrected chi connectivity index (χ2v) is 6.55. The van der Waals surface area contributed by atoms with Crippen LogP contribution < -0.4 is 16.4 Å². The second-order valence-electron chi connectivity index (χ2n) is 5.74. The quantitative estimate of drug-likeness (QED) is 0.567. The molecule has 0 bridgehead atoms. The Morgan fingerprint density at radius 1 is 1.04 bits per heavy atom. The second kappa shape index (κ2) is 8.69. The summed E-state index contributed by atoms with van der Waals surface area (Å²) in [7, 11) is 0. The molecule has 0 spiro atoms. The molecule has 9 heteroatoms. The van der Waals surface area contributed by atoms with Gasteiger partial charge in [0, 0.05) is 24.1 Å². The van der Waals surface area contributed by atoms with Crippen LogP contribution in [0.25, 0.3) is 0 Å². The summed E-state index contributed by atoms with van der Waals surface area (Å²) in [4.78, 5) is 31.9. The van der Waals surface area contributed by atoms with Gasteiger partial charge in [-0.15, -0.1) is 0 Å². The molecule has 0 radical (unpaired) electrons. The highest BCUT2D eigenvalue weighted by Gasteiger charge is 2.15. The van der Waals surface area contributed by atoms with Crippen LogP contribution in [0.15, 0.2) is 54.9 Å². The molecule has 0 atom stereocenters. The van der Waals surface area contributed by atoms with Crippen molar-refractivity contribution in [2.45, 2.75) is 6.54 Å². The molecule has 0 aliphatic carbocycles. The van der Waals surface area contributed by atoms with Gasteiger partial charge >= 0.3 is 0 Å². The Labute approximate surface area is 170 Å². The fourth-order valence-corrected chi connectivity index (χ4v) is 2.94. The standard InChI is InChI=1S/C19H15Cl2N5O2/c20-14-2-1-3-15(21)17(14)19(28)26-12-6-7-23-16(8-12)25-10-13-5-4-11(9-24-13)18(22)27/h1-9H,10H2,(H2,22,27)(H2,23,25,26,28). The van der Waals surface area contributed by atoms with E-state index in [-0.39, 0.29) is 15.6 Å². The lowest BCUT2D eigenvalue weighted by atomic mass is 10.2. The van der Waals surface area contributed by atoms with Crippen LogP contribution in [-0.2, 0) is 6.54 Å². The SMILES string of the molecule is NC(=O)c1ccc(CNc2cc(NC(=O)c3c(Cl)cccc3Cl)ccn2)nc1. The molecule has 142 valence electrons. The monoisotopic (exact) mass is 415 g/mol. The zero-order valence-electron chi connectivity index (χ0n) is 14.4. The molecule has 2 aromatic heterocycles. The molecule has 0 aliphatic rings. The number of carbonyl (C=O) groups is 2. The minimum atomic E-state index is -0.532. The molecule has 0 unspecified atom stereocenters. The van der Waals surface area contributed by atoms with Gasteiger partial charge in [-0.25, -0.2) is 4.98 Å². The summed E-state index contributed by atoms with van der Waals surface area (Å²) >= 11 is 12.1. The lowest BCUT2D eigenvalue weighted by Crippen LogP contribution is -2.14. The van der Waals surface area contributed by atoms with Crippen molar-refractivity contribution in [3.63, 3.8) is 0 Å². The number of amides is 2. The fourth-order valence-electron chi connectivity index (χ4n) is 2.37. The molecule has 2 heterocycles. The van der Waals surface area contributed by atoms with Crippen LogP contribution in [0.5, 0.6) is 0 Å². The maximum atomic E-state index is 12.5. The van der Waals surface area contributed by atoms with E-state index in [1.165, 1.54) is 6.20 Å². The molecule has 0 aliphatic heterocycles. The lowest BCUT2D eigenvalue weighted by molar-refractivity contribution is 0.0997. The molecule has 28 heavy (non-hydrogen) atoms. The minimum absolute atomic E-state index is 0.205. The third-order valence-corrected chi connectivity index (χ3v) is 4.40. The number of hydrogen-bond acceptors (Lipinski definition) is 5. The van der Waals surface area contributed by atoms with Crippen LogP contribution in [0.4, 0.5) is 11.5 Å². The minimum Gasteiger partial charge on any atom is -0.366 e. The van der Waals surface area contributed by atoms with Crippen molar-refractivity contribution in [2.24, 2.45) is 5.73 Å². The fraction of sp³-hybridized carbons (Fsp3) is 0.0526. The van der Waals surface area contributed by atoms with Gasteiger partial charge in [0.15, 0.2) is 0 Å². The van der Waals surface area contributed by atoms with Crippen molar-refractivity contribution in [3.8, 4) is 0 Å². The van der Waals surface area contributed by atoms with E-state index in [4.69, 9.17) is 28.9 Å². The van der Waals surface area contributed by atoms with Gasteiger partial charge < -0.3 is 16.4 Å². The van der Waals surface area contributed by atoms with E-state index in [2.05, 4.69) is 20.6 Å². The van der Waals surface area contributed by atoms with Gasteiger partial charge in [-0.1, -0.05) is 29.3 Å². The maximum Gasteiger partial charge on any atom is 0.258 e. The average Bonchev–Trinajstić information content (AvgIpc) is 2.67. The molecule has 0 saturated heterocycles. The summed E-state index contributed by atoms with van der Waals surface area (Å²) in [5, 5.41) is 6.37. The summed E-state index contributed by atoms with van der Waals surface area (Å²) in [5.41, 5.74) is 6.95. The molecule has 3 rings (SSSR count). The Bertz CT molecular complexity index is 1000.